The molecule has 1 aliphatic carbocycles. The third-order valence-corrected chi connectivity index (χ3v) is 4.58. The van der Waals surface area contributed by atoms with Gasteiger partial charge in [0.1, 0.15) is 0 Å². The van der Waals surface area contributed by atoms with E-state index in [4.69, 9.17) is 0 Å². The van der Waals surface area contributed by atoms with Gasteiger partial charge in [0, 0.05) is 37.4 Å². The van der Waals surface area contributed by atoms with E-state index in [2.05, 4.69) is 27.1 Å². The maximum absolute atomic E-state index is 11.4. The number of piperidine rings is 1. The number of aromatic nitrogens is 2. The number of nitrogens with zero attached hydrogens (tertiary/aromatic N) is 3. The quantitative estimate of drug-likeness (QED) is 0.892. The van der Waals surface area contributed by atoms with Crippen LogP contribution in [0.2, 0.25) is 0 Å². The highest BCUT2D eigenvalue weighted by Crippen LogP contribution is 2.43. The van der Waals surface area contributed by atoms with Crippen molar-refractivity contribution in [3.8, 4) is 0 Å². The SMILES string of the molecule is CC(=O)NC1(C)CC2CCCN(c3ncccn3)C2C1. The Kier molecular flexibility index (Phi) is 3.36. The zero-order valence-electron chi connectivity index (χ0n) is 12.2. The van der Waals surface area contributed by atoms with Crippen LogP contribution < -0.4 is 10.2 Å². The van der Waals surface area contributed by atoms with Crippen molar-refractivity contribution in [2.75, 3.05) is 11.4 Å². The molecule has 3 atom stereocenters. The van der Waals surface area contributed by atoms with Gasteiger partial charge in [0.2, 0.25) is 11.9 Å². The van der Waals surface area contributed by atoms with Gasteiger partial charge < -0.3 is 10.2 Å². The van der Waals surface area contributed by atoms with Crippen molar-refractivity contribution in [1.29, 1.82) is 0 Å². The van der Waals surface area contributed by atoms with Crippen LogP contribution in [0.25, 0.3) is 0 Å². The molecule has 3 rings (SSSR count). The first-order valence-corrected chi connectivity index (χ1v) is 7.40. The van der Waals surface area contributed by atoms with E-state index in [-0.39, 0.29) is 11.4 Å². The zero-order valence-corrected chi connectivity index (χ0v) is 12.2. The molecule has 1 aliphatic heterocycles. The first kappa shape index (κ1) is 13.3. The highest BCUT2D eigenvalue weighted by molar-refractivity contribution is 5.73. The Bertz CT molecular complexity index is 492. The highest BCUT2D eigenvalue weighted by atomic mass is 16.1. The van der Waals surface area contributed by atoms with Gasteiger partial charge in [0.15, 0.2) is 0 Å². The van der Waals surface area contributed by atoms with E-state index in [0.717, 1.165) is 25.3 Å². The first-order valence-electron chi connectivity index (χ1n) is 7.40. The number of rotatable bonds is 2. The molecule has 20 heavy (non-hydrogen) atoms. The van der Waals surface area contributed by atoms with E-state index in [1.807, 2.05) is 6.07 Å². The molecule has 0 spiro atoms. The maximum atomic E-state index is 11.4. The number of nitrogens with one attached hydrogen (secondary N) is 1. The lowest BCUT2D eigenvalue weighted by atomic mass is 9.91. The molecule has 1 amide bonds. The molecule has 2 heterocycles. The summed E-state index contributed by atoms with van der Waals surface area (Å²) in [5.41, 5.74) is -0.0848. The van der Waals surface area contributed by atoms with Gasteiger partial charge >= 0.3 is 0 Å². The summed E-state index contributed by atoms with van der Waals surface area (Å²) in [6.45, 7) is 4.78. The van der Waals surface area contributed by atoms with Crippen LogP contribution in [0.4, 0.5) is 5.95 Å². The smallest absolute Gasteiger partial charge is 0.225 e. The van der Waals surface area contributed by atoms with Crippen LogP contribution in [-0.2, 0) is 4.79 Å². The Morgan fingerprint density at radius 1 is 1.40 bits per heavy atom. The van der Waals surface area contributed by atoms with Gasteiger partial charge in [-0.05, 0) is 44.6 Å². The molecular formula is C15H22N4O. The fourth-order valence-corrected chi connectivity index (χ4v) is 3.99. The molecular weight excluding hydrogens is 252 g/mol. The molecule has 5 heteroatoms. The average molecular weight is 274 g/mol. The second-order valence-electron chi connectivity index (χ2n) is 6.36. The number of anilines is 1. The molecule has 1 saturated carbocycles. The molecule has 1 saturated heterocycles. The largest absolute Gasteiger partial charge is 0.351 e. The third kappa shape index (κ3) is 2.49. The lowest BCUT2D eigenvalue weighted by Crippen LogP contribution is -2.46. The summed E-state index contributed by atoms with van der Waals surface area (Å²) in [6, 6.07) is 2.30. The first-order chi connectivity index (χ1) is 9.57. The number of hydrogen-bond donors (Lipinski definition) is 1. The lowest BCUT2D eigenvalue weighted by molar-refractivity contribution is -0.120. The van der Waals surface area contributed by atoms with E-state index in [1.54, 1.807) is 19.3 Å². The third-order valence-electron chi connectivity index (χ3n) is 4.58. The Morgan fingerprint density at radius 3 is 2.85 bits per heavy atom. The van der Waals surface area contributed by atoms with Gasteiger partial charge in [0.25, 0.3) is 0 Å². The van der Waals surface area contributed by atoms with Gasteiger partial charge in [-0.25, -0.2) is 9.97 Å². The molecule has 1 aromatic heterocycles. The summed E-state index contributed by atoms with van der Waals surface area (Å²) in [6.07, 6.45) is 8.05. The Balaban J connectivity index is 1.81. The van der Waals surface area contributed by atoms with Crippen molar-refractivity contribution in [1.82, 2.24) is 15.3 Å². The van der Waals surface area contributed by atoms with Crippen LogP contribution in [0.15, 0.2) is 18.5 Å². The van der Waals surface area contributed by atoms with Crippen LogP contribution in [0.5, 0.6) is 0 Å². The molecule has 0 radical (unpaired) electrons. The molecule has 1 N–H and O–H groups in total. The van der Waals surface area contributed by atoms with Crippen LogP contribution in [0.3, 0.4) is 0 Å². The minimum atomic E-state index is -0.0848. The topological polar surface area (TPSA) is 58.1 Å². The summed E-state index contributed by atoms with van der Waals surface area (Å²) < 4.78 is 0. The van der Waals surface area contributed by atoms with Crippen molar-refractivity contribution in [3.63, 3.8) is 0 Å². The number of carbonyl (C=O) groups excluding carboxylic acids is 1. The Morgan fingerprint density at radius 2 is 2.15 bits per heavy atom. The standard InChI is InChI=1S/C15H22N4O/c1-11(20)18-15(2)9-12-5-3-8-19(13(12)10-15)14-16-6-4-7-17-14/h4,6-7,12-13H,3,5,8-10H2,1-2H3,(H,18,20). The normalized spacial score (nSPS) is 32.8. The molecule has 2 aliphatic rings. The van der Waals surface area contributed by atoms with Gasteiger partial charge in [-0.15, -0.1) is 0 Å². The van der Waals surface area contributed by atoms with Gasteiger partial charge in [-0.2, -0.15) is 0 Å². The molecule has 3 unspecified atom stereocenters. The molecule has 2 fully saturated rings. The van der Waals surface area contributed by atoms with Crippen LogP contribution in [0, 0.1) is 5.92 Å². The van der Waals surface area contributed by atoms with Crippen molar-refractivity contribution < 1.29 is 4.79 Å². The highest BCUT2D eigenvalue weighted by Gasteiger charge is 2.47. The van der Waals surface area contributed by atoms with Crippen LogP contribution >= 0.6 is 0 Å². The monoisotopic (exact) mass is 274 g/mol. The van der Waals surface area contributed by atoms with Crippen molar-refractivity contribution in [2.45, 2.75) is 51.1 Å². The second-order valence-corrected chi connectivity index (χ2v) is 6.36. The lowest BCUT2D eigenvalue weighted by Gasteiger charge is -2.37. The summed E-state index contributed by atoms with van der Waals surface area (Å²) in [4.78, 5) is 22.5. The summed E-state index contributed by atoms with van der Waals surface area (Å²) in [5, 5.41) is 3.14. The van der Waals surface area contributed by atoms with Crippen LogP contribution in [0.1, 0.15) is 39.5 Å². The molecule has 108 valence electrons. The summed E-state index contributed by atoms with van der Waals surface area (Å²) >= 11 is 0. The number of fused-ring (bicyclic) bond motifs is 1. The van der Waals surface area contributed by atoms with Crippen molar-refractivity contribution in [2.24, 2.45) is 5.92 Å². The number of amides is 1. The fraction of sp³-hybridized carbons (Fsp3) is 0.667. The molecule has 0 aromatic carbocycles. The van der Waals surface area contributed by atoms with E-state index >= 15 is 0 Å². The molecule has 0 bridgehead atoms. The minimum Gasteiger partial charge on any atom is -0.351 e. The van der Waals surface area contributed by atoms with E-state index in [9.17, 15) is 4.79 Å². The van der Waals surface area contributed by atoms with Crippen LogP contribution in [-0.4, -0.2) is 34.0 Å². The number of carbonyl (C=O) groups is 1. The molecule has 1 aromatic rings. The Hall–Kier alpha value is -1.65. The van der Waals surface area contributed by atoms with Gasteiger partial charge in [-0.3, -0.25) is 4.79 Å². The average Bonchev–Trinajstić information content (AvgIpc) is 2.74. The van der Waals surface area contributed by atoms with Crippen molar-refractivity contribution >= 4 is 11.9 Å². The predicted octanol–water partition coefficient (Wildman–Crippen LogP) is 1.75. The maximum Gasteiger partial charge on any atom is 0.225 e. The van der Waals surface area contributed by atoms with E-state index < -0.39 is 0 Å². The summed E-state index contributed by atoms with van der Waals surface area (Å²) in [5.74, 6) is 1.52. The predicted molar refractivity (Wildman–Crippen MR) is 77.3 cm³/mol. The summed E-state index contributed by atoms with van der Waals surface area (Å²) in [7, 11) is 0. The van der Waals surface area contributed by atoms with Crippen molar-refractivity contribution in [3.05, 3.63) is 18.5 Å². The molecule has 5 nitrogen and oxygen atoms in total. The Labute approximate surface area is 119 Å². The fourth-order valence-electron chi connectivity index (χ4n) is 3.99. The minimum absolute atomic E-state index is 0.0636. The van der Waals surface area contributed by atoms with E-state index in [1.165, 1.54) is 12.8 Å². The van der Waals surface area contributed by atoms with Gasteiger partial charge in [0.05, 0.1) is 0 Å². The second kappa shape index (κ2) is 5.04. The van der Waals surface area contributed by atoms with Gasteiger partial charge in [-0.1, -0.05) is 0 Å². The zero-order chi connectivity index (χ0) is 14.2. The van der Waals surface area contributed by atoms with E-state index in [0.29, 0.717) is 12.0 Å². The number of hydrogen-bond acceptors (Lipinski definition) is 4.